The molecule has 1 aromatic carbocycles. The molecular weight excluding hydrogens is 236 g/mol. The maximum Gasteiger partial charge on any atom is 0.243 e. The Morgan fingerprint density at radius 3 is 2.84 bits per heavy atom. The second-order valence-corrected chi connectivity index (χ2v) is 5.41. The van der Waals surface area contributed by atoms with Crippen molar-refractivity contribution in [3.63, 3.8) is 0 Å². The first-order valence-corrected chi connectivity index (χ1v) is 7.21. The zero-order valence-corrected chi connectivity index (χ0v) is 11.3. The zero-order chi connectivity index (χ0) is 13.1. The highest BCUT2D eigenvalue weighted by Gasteiger charge is 2.21. The molecule has 2 atom stereocenters. The lowest BCUT2D eigenvalue weighted by Gasteiger charge is -2.28. The summed E-state index contributed by atoms with van der Waals surface area (Å²) in [5, 5.41) is 11.8. The minimum atomic E-state index is 0.502. The van der Waals surface area contributed by atoms with Gasteiger partial charge in [-0.1, -0.05) is 38.3 Å². The fourth-order valence-corrected chi connectivity index (χ4v) is 2.92. The van der Waals surface area contributed by atoms with E-state index in [1.165, 1.54) is 32.1 Å². The van der Waals surface area contributed by atoms with Crippen molar-refractivity contribution >= 4 is 17.0 Å². The summed E-state index contributed by atoms with van der Waals surface area (Å²) in [6.07, 6.45) is 6.39. The van der Waals surface area contributed by atoms with Crippen LogP contribution in [0.1, 0.15) is 39.0 Å². The Kier molecular flexibility index (Phi) is 3.58. The van der Waals surface area contributed by atoms with Crippen LogP contribution in [0.4, 0.5) is 5.95 Å². The van der Waals surface area contributed by atoms with E-state index in [0.29, 0.717) is 12.0 Å². The molecule has 0 radical (unpaired) electrons. The Balaban J connectivity index is 1.74. The van der Waals surface area contributed by atoms with E-state index >= 15 is 0 Å². The van der Waals surface area contributed by atoms with Gasteiger partial charge in [-0.05, 0) is 30.9 Å². The van der Waals surface area contributed by atoms with Crippen LogP contribution in [0, 0.1) is 5.92 Å². The summed E-state index contributed by atoms with van der Waals surface area (Å²) in [6, 6.07) is 8.35. The quantitative estimate of drug-likeness (QED) is 0.914. The lowest BCUT2D eigenvalue weighted by molar-refractivity contribution is 0.326. The Hall–Kier alpha value is -1.71. The number of rotatable bonds is 3. The molecule has 4 heteroatoms. The van der Waals surface area contributed by atoms with Crippen molar-refractivity contribution in [1.29, 1.82) is 0 Å². The minimum absolute atomic E-state index is 0.502. The first kappa shape index (κ1) is 12.3. The van der Waals surface area contributed by atoms with Gasteiger partial charge in [-0.25, -0.2) is 4.98 Å². The molecule has 1 aliphatic rings. The van der Waals surface area contributed by atoms with Crippen molar-refractivity contribution in [2.24, 2.45) is 5.92 Å². The molecule has 100 valence electrons. The van der Waals surface area contributed by atoms with Gasteiger partial charge in [0, 0.05) is 6.04 Å². The third-order valence-electron chi connectivity index (χ3n) is 4.05. The second-order valence-electron chi connectivity index (χ2n) is 5.41. The Bertz CT molecular complexity index is 555. The van der Waals surface area contributed by atoms with Gasteiger partial charge in [0.25, 0.3) is 0 Å². The van der Waals surface area contributed by atoms with Gasteiger partial charge in [0.15, 0.2) is 0 Å². The predicted octanol–water partition coefficient (Wildman–Crippen LogP) is 3.41. The van der Waals surface area contributed by atoms with Crippen LogP contribution in [0.5, 0.6) is 0 Å². The van der Waals surface area contributed by atoms with E-state index in [9.17, 15) is 0 Å². The highest BCUT2D eigenvalue weighted by molar-refractivity contribution is 5.74. The Labute approximate surface area is 113 Å². The largest absolute Gasteiger partial charge is 0.350 e. The smallest absolute Gasteiger partial charge is 0.243 e. The number of hydrogen-bond donors (Lipinski definition) is 1. The van der Waals surface area contributed by atoms with Crippen molar-refractivity contribution in [3.05, 3.63) is 24.3 Å². The van der Waals surface area contributed by atoms with E-state index in [1.54, 1.807) is 0 Å². The van der Waals surface area contributed by atoms with Crippen LogP contribution in [0.25, 0.3) is 11.0 Å². The van der Waals surface area contributed by atoms with Crippen molar-refractivity contribution in [3.8, 4) is 0 Å². The van der Waals surface area contributed by atoms with E-state index in [1.807, 2.05) is 24.3 Å². The molecule has 1 aliphatic carbocycles. The monoisotopic (exact) mass is 256 g/mol. The number of nitrogens with zero attached hydrogens (tertiary/aromatic N) is 3. The van der Waals surface area contributed by atoms with Crippen LogP contribution < -0.4 is 5.32 Å². The van der Waals surface area contributed by atoms with Gasteiger partial charge in [0.1, 0.15) is 5.52 Å². The fourth-order valence-electron chi connectivity index (χ4n) is 2.92. The molecule has 1 saturated carbocycles. The van der Waals surface area contributed by atoms with Crippen LogP contribution in [0.15, 0.2) is 24.3 Å². The first-order chi connectivity index (χ1) is 9.35. The van der Waals surface area contributed by atoms with Crippen LogP contribution >= 0.6 is 0 Å². The van der Waals surface area contributed by atoms with Gasteiger partial charge in [-0.3, -0.25) is 0 Å². The molecule has 1 N–H and O–H groups in total. The third-order valence-corrected chi connectivity index (χ3v) is 4.05. The number of nitrogens with one attached hydrogen (secondary N) is 1. The molecule has 2 unspecified atom stereocenters. The summed E-state index contributed by atoms with van der Waals surface area (Å²) in [5.41, 5.74) is 1.76. The van der Waals surface area contributed by atoms with Gasteiger partial charge >= 0.3 is 0 Å². The molecule has 4 nitrogen and oxygen atoms in total. The average Bonchev–Trinajstić information content (AvgIpc) is 2.47. The highest BCUT2D eigenvalue weighted by atomic mass is 15.2. The van der Waals surface area contributed by atoms with Gasteiger partial charge in [0.05, 0.1) is 5.52 Å². The zero-order valence-electron chi connectivity index (χ0n) is 11.3. The molecule has 0 aliphatic heterocycles. The summed E-state index contributed by atoms with van der Waals surface area (Å²) >= 11 is 0. The molecule has 1 fully saturated rings. The van der Waals surface area contributed by atoms with E-state index in [2.05, 4.69) is 27.4 Å². The van der Waals surface area contributed by atoms with Crippen LogP contribution in [0.2, 0.25) is 0 Å². The van der Waals surface area contributed by atoms with Gasteiger partial charge < -0.3 is 5.32 Å². The van der Waals surface area contributed by atoms with Gasteiger partial charge in [-0.15, -0.1) is 10.2 Å². The number of benzene rings is 1. The fraction of sp³-hybridized carbons (Fsp3) is 0.533. The lowest BCUT2D eigenvalue weighted by Crippen LogP contribution is -2.28. The van der Waals surface area contributed by atoms with Crippen LogP contribution in [-0.2, 0) is 0 Å². The Morgan fingerprint density at radius 2 is 2.00 bits per heavy atom. The van der Waals surface area contributed by atoms with Crippen molar-refractivity contribution in [2.75, 3.05) is 5.32 Å². The number of para-hydroxylation sites is 1. The van der Waals surface area contributed by atoms with Crippen molar-refractivity contribution in [2.45, 2.75) is 45.1 Å². The SMILES string of the molecule is CCC1CCCC(Nc2nnc3ccccc3n2)C1. The highest BCUT2D eigenvalue weighted by Crippen LogP contribution is 2.28. The third kappa shape index (κ3) is 2.83. The molecule has 0 amide bonds. The molecule has 2 aromatic rings. The summed E-state index contributed by atoms with van der Waals surface area (Å²) in [6.45, 7) is 2.28. The van der Waals surface area contributed by atoms with Gasteiger partial charge in [0.2, 0.25) is 5.95 Å². The summed E-state index contributed by atoms with van der Waals surface area (Å²) < 4.78 is 0. The molecule has 19 heavy (non-hydrogen) atoms. The molecular formula is C15H20N4. The summed E-state index contributed by atoms with van der Waals surface area (Å²) in [4.78, 5) is 4.54. The molecule has 0 bridgehead atoms. The van der Waals surface area contributed by atoms with E-state index in [0.717, 1.165) is 17.0 Å². The maximum absolute atomic E-state index is 4.54. The topological polar surface area (TPSA) is 50.7 Å². The molecule has 0 spiro atoms. The molecule has 3 rings (SSSR count). The normalized spacial score (nSPS) is 23.4. The second kappa shape index (κ2) is 5.51. The lowest BCUT2D eigenvalue weighted by atomic mass is 9.84. The maximum atomic E-state index is 4.54. The molecule has 1 heterocycles. The Morgan fingerprint density at radius 1 is 1.16 bits per heavy atom. The number of fused-ring (bicyclic) bond motifs is 1. The minimum Gasteiger partial charge on any atom is -0.350 e. The number of aromatic nitrogens is 3. The number of anilines is 1. The van der Waals surface area contributed by atoms with E-state index < -0.39 is 0 Å². The predicted molar refractivity (Wildman–Crippen MR) is 77.0 cm³/mol. The molecule has 1 aromatic heterocycles. The van der Waals surface area contributed by atoms with Crippen LogP contribution in [0.3, 0.4) is 0 Å². The standard InChI is InChI=1S/C15H20N4/c1-2-11-6-5-7-12(10-11)16-15-17-13-8-3-4-9-14(13)18-19-15/h3-4,8-9,11-12H,2,5-7,10H2,1H3,(H,16,17,19). The summed E-state index contributed by atoms with van der Waals surface area (Å²) in [5.74, 6) is 1.51. The van der Waals surface area contributed by atoms with E-state index in [-0.39, 0.29) is 0 Å². The van der Waals surface area contributed by atoms with Gasteiger partial charge in [-0.2, -0.15) is 0 Å². The van der Waals surface area contributed by atoms with E-state index in [4.69, 9.17) is 0 Å². The van der Waals surface area contributed by atoms with Crippen molar-refractivity contribution < 1.29 is 0 Å². The molecule has 0 saturated heterocycles. The number of hydrogen-bond acceptors (Lipinski definition) is 4. The van der Waals surface area contributed by atoms with Crippen LogP contribution in [-0.4, -0.2) is 21.2 Å². The van der Waals surface area contributed by atoms with Crippen molar-refractivity contribution in [1.82, 2.24) is 15.2 Å². The summed E-state index contributed by atoms with van der Waals surface area (Å²) in [7, 11) is 0. The first-order valence-electron chi connectivity index (χ1n) is 7.21. The average molecular weight is 256 g/mol.